The van der Waals surface area contributed by atoms with Crippen LogP contribution in [0.1, 0.15) is 18.5 Å². The first-order chi connectivity index (χ1) is 7.77. The van der Waals surface area contributed by atoms with Crippen LogP contribution in [0.4, 0.5) is 0 Å². The summed E-state index contributed by atoms with van der Waals surface area (Å²) in [5, 5.41) is 4.17. The van der Waals surface area contributed by atoms with Crippen LogP contribution in [-0.4, -0.2) is 31.8 Å². The molecule has 1 rings (SSSR count). The lowest BCUT2D eigenvalue weighted by Gasteiger charge is -2.20. The number of thioether (sulfide) groups is 1. The van der Waals surface area contributed by atoms with Crippen molar-refractivity contribution in [2.75, 3.05) is 26.5 Å². The first-order valence-corrected chi connectivity index (χ1v) is 6.86. The average molecular weight is 239 g/mol. The summed E-state index contributed by atoms with van der Waals surface area (Å²) in [6.45, 7) is 3.95. The molecule has 0 bridgehead atoms. The normalized spacial score (nSPS) is 14.7. The topological polar surface area (TPSA) is 21.3 Å². The second-order valence-corrected chi connectivity index (χ2v) is 5.15. The van der Waals surface area contributed by atoms with Crippen molar-refractivity contribution < 1.29 is 4.74 Å². The molecule has 0 saturated carbocycles. The smallest absolute Gasteiger partial charge is 0.0657 e. The number of hydrogen-bond donors (Lipinski definition) is 1. The third kappa shape index (κ3) is 4.56. The van der Waals surface area contributed by atoms with E-state index in [0.29, 0.717) is 17.9 Å². The van der Waals surface area contributed by atoms with Crippen LogP contribution in [0.5, 0.6) is 0 Å². The van der Waals surface area contributed by atoms with Gasteiger partial charge in [0.1, 0.15) is 0 Å². The second-order valence-electron chi connectivity index (χ2n) is 3.87. The lowest BCUT2D eigenvalue weighted by atomic mass is 10.1. The fraction of sp³-hybridized carbons (Fsp3) is 0.538. The van der Waals surface area contributed by atoms with E-state index in [2.05, 4.69) is 42.8 Å². The van der Waals surface area contributed by atoms with E-state index in [9.17, 15) is 0 Å². The molecule has 0 fully saturated rings. The fourth-order valence-corrected chi connectivity index (χ4v) is 1.78. The minimum atomic E-state index is 0.292. The maximum atomic E-state index is 5.26. The number of rotatable bonds is 7. The lowest BCUT2D eigenvalue weighted by molar-refractivity contribution is 0.167. The second kappa shape index (κ2) is 7.71. The van der Waals surface area contributed by atoms with Gasteiger partial charge in [-0.05, 0) is 11.8 Å². The predicted octanol–water partition coefficient (Wildman–Crippen LogP) is 2.72. The zero-order valence-corrected chi connectivity index (χ0v) is 11.1. The Morgan fingerprint density at radius 1 is 1.31 bits per heavy atom. The predicted molar refractivity (Wildman–Crippen MR) is 72.0 cm³/mol. The summed E-state index contributed by atoms with van der Waals surface area (Å²) >= 11 is 1.88. The summed E-state index contributed by atoms with van der Waals surface area (Å²) in [6, 6.07) is 10.7. The summed E-state index contributed by atoms with van der Waals surface area (Å²) in [4.78, 5) is 0. The maximum Gasteiger partial charge on any atom is 0.0657 e. The Bertz CT molecular complexity index is 279. The molecule has 0 spiro atoms. The van der Waals surface area contributed by atoms with Crippen molar-refractivity contribution in [1.82, 2.24) is 5.32 Å². The van der Waals surface area contributed by atoms with E-state index in [-0.39, 0.29) is 0 Å². The summed E-state index contributed by atoms with van der Waals surface area (Å²) in [7, 11) is 1.75. The summed E-state index contributed by atoms with van der Waals surface area (Å²) < 4.78 is 5.26. The van der Waals surface area contributed by atoms with E-state index in [0.717, 1.165) is 6.54 Å². The molecular weight excluding hydrogens is 218 g/mol. The average Bonchev–Trinajstić information content (AvgIpc) is 2.35. The molecule has 2 nitrogen and oxygen atoms in total. The van der Waals surface area contributed by atoms with Gasteiger partial charge in [0.15, 0.2) is 0 Å². The molecular formula is C13H21NOS. The Labute approximate surface area is 103 Å². The van der Waals surface area contributed by atoms with Gasteiger partial charge in [-0.1, -0.05) is 37.3 Å². The van der Waals surface area contributed by atoms with Gasteiger partial charge < -0.3 is 10.1 Å². The summed E-state index contributed by atoms with van der Waals surface area (Å²) in [6.07, 6.45) is 2.14. The van der Waals surface area contributed by atoms with Gasteiger partial charge in [0.05, 0.1) is 12.6 Å². The van der Waals surface area contributed by atoms with Crippen molar-refractivity contribution in [3.63, 3.8) is 0 Å². The molecule has 0 aliphatic heterocycles. The first kappa shape index (κ1) is 13.6. The fourth-order valence-electron chi connectivity index (χ4n) is 1.52. The molecule has 16 heavy (non-hydrogen) atoms. The minimum Gasteiger partial charge on any atom is -0.383 e. The van der Waals surface area contributed by atoms with E-state index in [1.807, 2.05) is 17.8 Å². The van der Waals surface area contributed by atoms with Gasteiger partial charge in [-0.25, -0.2) is 0 Å². The molecule has 1 aromatic carbocycles. The van der Waals surface area contributed by atoms with Crippen LogP contribution in [0.3, 0.4) is 0 Å². The van der Waals surface area contributed by atoms with Crippen LogP contribution >= 0.6 is 11.8 Å². The molecule has 0 amide bonds. The SMILES string of the molecule is COCC(NCC(C)SC)c1ccccc1. The number of benzene rings is 1. The zero-order valence-electron chi connectivity index (χ0n) is 10.3. The summed E-state index contributed by atoms with van der Waals surface area (Å²) in [5.41, 5.74) is 1.29. The van der Waals surface area contributed by atoms with Crippen LogP contribution in [0, 0.1) is 0 Å². The molecule has 3 heteroatoms. The number of nitrogens with one attached hydrogen (secondary N) is 1. The molecule has 0 saturated heterocycles. The highest BCUT2D eigenvalue weighted by atomic mass is 32.2. The molecule has 90 valence electrons. The van der Waals surface area contributed by atoms with Crippen molar-refractivity contribution in [3.8, 4) is 0 Å². The lowest BCUT2D eigenvalue weighted by Crippen LogP contribution is -2.30. The Morgan fingerprint density at radius 2 is 2.00 bits per heavy atom. The number of methoxy groups -OCH3 is 1. The van der Waals surface area contributed by atoms with Crippen LogP contribution in [-0.2, 0) is 4.74 Å². The van der Waals surface area contributed by atoms with Crippen molar-refractivity contribution in [2.45, 2.75) is 18.2 Å². The quantitative estimate of drug-likeness (QED) is 0.790. The van der Waals surface area contributed by atoms with Crippen LogP contribution in [0.15, 0.2) is 30.3 Å². The van der Waals surface area contributed by atoms with Gasteiger partial charge in [0.2, 0.25) is 0 Å². The minimum absolute atomic E-state index is 0.292. The van der Waals surface area contributed by atoms with E-state index >= 15 is 0 Å². The molecule has 0 aliphatic rings. The van der Waals surface area contributed by atoms with Crippen molar-refractivity contribution in [3.05, 3.63) is 35.9 Å². The monoisotopic (exact) mass is 239 g/mol. The third-order valence-electron chi connectivity index (χ3n) is 2.59. The standard InChI is InChI=1S/C13H21NOS/c1-11(16-3)9-14-13(10-15-2)12-7-5-4-6-8-12/h4-8,11,13-14H,9-10H2,1-3H3. The maximum absolute atomic E-state index is 5.26. The first-order valence-electron chi connectivity index (χ1n) is 5.58. The highest BCUT2D eigenvalue weighted by Gasteiger charge is 2.11. The van der Waals surface area contributed by atoms with Crippen LogP contribution in [0.2, 0.25) is 0 Å². The van der Waals surface area contributed by atoms with Crippen LogP contribution in [0.25, 0.3) is 0 Å². The van der Waals surface area contributed by atoms with Gasteiger partial charge in [0, 0.05) is 18.9 Å². The van der Waals surface area contributed by atoms with Crippen molar-refractivity contribution in [1.29, 1.82) is 0 Å². The number of ether oxygens (including phenoxy) is 1. The van der Waals surface area contributed by atoms with E-state index in [1.54, 1.807) is 7.11 Å². The molecule has 0 aliphatic carbocycles. The Morgan fingerprint density at radius 3 is 2.56 bits per heavy atom. The van der Waals surface area contributed by atoms with Gasteiger partial charge in [-0.15, -0.1) is 0 Å². The zero-order chi connectivity index (χ0) is 11.8. The van der Waals surface area contributed by atoms with E-state index in [4.69, 9.17) is 4.74 Å². The van der Waals surface area contributed by atoms with E-state index < -0.39 is 0 Å². The molecule has 0 heterocycles. The van der Waals surface area contributed by atoms with Gasteiger partial charge in [-0.3, -0.25) is 0 Å². The van der Waals surface area contributed by atoms with E-state index in [1.165, 1.54) is 5.56 Å². The molecule has 2 unspecified atom stereocenters. The third-order valence-corrected chi connectivity index (χ3v) is 3.56. The van der Waals surface area contributed by atoms with Gasteiger partial charge in [-0.2, -0.15) is 11.8 Å². The Balaban J connectivity index is 2.54. The molecule has 0 radical (unpaired) electrons. The Hall–Kier alpha value is -0.510. The largest absolute Gasteiger partial charge is 0.383 e. The Kier molecular flexibility index (Phi) is 6.53. The van der Waals surface area contributed by atoms with Crippen molar-refractivity contribution in [2.24, 2.45) is 0 Å². The highest BCUT2D eigenvalue weighted by Crippen LogP contribution is 2.13. The number of hydrogen-bond acceptors (Lipinski definition) is 3. The highest BCUT2D eigenvalue weighted by molar-refractivity contribution is 7.99. The van der Waals surface area contributed by atoms with Crippen molar-refractivity contribution >= 4 is 11.8 Å². The molecule has 1 N–H and O–H groups in total. The van der Waals surface area contributed by atoms with Gasteiger partial charge >= 0.3 is 0 Å². The summed E-state index contributed by atoms with van der Waals surface area (Å²) in [5.74, 6) is 0. The molecule has 0 aromatic heterocycles. The molecule has 2 atom stereocenters. The molecule has 1 aromatic rings. The van der Waals surface area contributed by atoms with Gasteiger partial charge in [0.25, 0.3) is 0 Å². The van der Waals surface area contributed by atoms with Crippen LogP contribution < -0.4 is 5.32 Å².